The predicted molar refractivity (Wildman–Crippen MR) is 130 cm³/mol. The van der Waals surface area contributed by atoms with Crippen molar-refractivity contribution in [3.8, 4) is 0 Å². The van der Waals surface area contributed by atoms with E-state index >= 15 is 0 Å². The summed E-state index contributed by atoms with van der Waals surface area (Å²) in [4.78, 5) is 2.44. The highest BCUT2D eigenvalue weighted by Crippen LogP contribution is 2.37. The highest BCUT2D eigenvalue weighted by molar-refractivity contribution is 7.91. The summed E-state index contributed by atoms with van der Waals surface area (Å²) < 4.78 is 32.2. The fourth-order valence-electron chi connectivity index (χ4n) is 4.10. The third-order valence-electron chi connectivity index (χ3n) is 5.63. The fraction of sp³-hybridized carbons (Fsp3) is 0.250. The molecule has 1 heterocycles. The molecular formula is C24H28FN5OS. The molecule has 2 unspecified atom stereocenters. The second-order valence-electron chi connectivity index (χ2n) is 8.50. The molecule has 0 saturated heterocycles. The van der Waals surface area contributed by atoms with Crippen molar-refractivity contribution in [2.24, 2.45) is 15.2 Å². The molecular weight excluding hydrogens is 425 g/mol. The van der Waals surface area contributed by atoms with E-state index in [-0.39, 0.29) is 11.7 Å². The van der Waals surface area contributed by atoms with Crippen LogP contribution in [0, 0.1) is 5.82 Å². The maximum Gasteiger partial charge on any atom is 0.141 e. The van der Waals surface area contributed by atoms with Gasteiger partial charge >= 0.3 is 0 Å². The molecule has 0 aromatic heterocycles. The predicted octanol–water partition coefficient (Wildman–Crippen LogP) is 4.84. The zero-order valence-corrected chi connectivity index (χ0v) is 19.4. The Hall–Kier alpha value is -2.94. The lowest BCUT2D eigenvalue weighted by atomic mass is 9.92. The van der Waals surface area contributed by atoms with Crippen LogP contribution in [0.4, 0.5) is 15.8 Å². The third kappa shape index (κ3) is 3.97. The van der Waals surface area contributed by atoms with Gasteiger partial charge in [-0.15, -0.1) is 0 Å². The van der Waals surface area contributed by atoms with Crippen LogP contribution in [0.25, 0.3) is 10.8 Å². The molecule has 0 bridgehead atoms. The lowest BCUT2D eigenvalue weighted by Crippen LogP contribution is -2.21. The molecule has 0 radical (unpaired) electrons. The van der Waals surface area contributed by atoms with Crippen molar-refractivity contribution < 1.29 is 8.60 Å². The summed E-state index contributed by atoms with van der Waals surface area (Å²) in [6.07, 6.45) is 1.62. The van der Waals surface area contributed by atoms with Gasteiger partial charge in [-0.05, 0) is 47.4 Å². The number of benzene rings is 3. The first-order valence-corrected chi connectivity index (χ1v) is 12.0. The Morgan fingerprint density at radius 3 is 2.50 bits per heavy atom. The van der Waals surface area contributed by atoms with Gasteiger partial charge in [-0.2, -0.15) is 4.36 Å². The molecule has 2 atom stereocenters. The van der Waals surface area contributed by atoms with E-state index in [0.717, 1.165) is 22.0 Å². The second kappa shape index (κ2) is 8.20. The van der Waals surface area contributed by atoms with E-state index in [1.54, 1.807) is 12.1 Å². The largest absolute Gasteiger partial charge is 0.377 e. The number of hydrogen-bond acceptors (Lipinski definition) is 5. The summed E-state index contributed by atoms with van der Waals surface area (Å²) in [6.45, 7) is 3.95. The van der Waals surface area contributed by atoms with Gasteiger partial charge in [-0.3, -0.25) is 0 Å². The Labute approximate surface area is 188 Å². The molecule has 8 heteroatoms. The van der Waals surface area contributed by atoms with Gasteiger partial charge in [-0.25, -0.2) is 13.7 Å². The minimum absolute atomic E-state index is 0.0586. The molecule has 0 fully saturated rings. The van der Waals surface area contributed by atoms with Gasteiger partial charge < -0.3 is 16.0 Å². The van der Waals surface area contributed by atoms with Gasteiger partial charge in [0.05, 0.1) is 10.9 Å². The zero-order valence-electron chi connectivity index (χ0n) is 18.6. The second-order valence-corrected chi connectivity index (χ2v) is 10.3. The van der Waals surface area contributed by atoms with Gasteiger partial charge in [0.2, 0.25) is 0 Å². The van der Waals surface area contributed by atoms with Gasteiger partial charge in [0.15, 0.2) is 0 Å². The van der Waals surface area contributed by atoms with E-state index < -0.39 is 16.0 Å². The molecule has 0 saturated carbocycles. The van der Waals surface area contributed by atoms with E-state index in [4.69, 9.17) is 10.9 Å². The number of fused-ring (bicyclic) bond motifs is 2. The van der Waals surface area contributed by atoms with E-state index in [1.165, 1.54) is 12.1 Å². The first kappa shape index (κ1) is 22.3. The summed E-state index contributed by atoms with van der Waals surface area (Å²) >= 11 is 0. The Balaban J connectivity index is 1.84. The van der Waals surface area contributed by atoms with E-state index in [0.29, 0.717) is 22.0 Å². The summed E-state index contributed by atoms with van der Waals surface area (Å²) in [5.41, 5.74) is 9.40. The van der Waals surface area contributed by atoms with Crippen molar-refractivity contribution in [3.05, 3.63) is 77.4 Å². The number of nitrogens with two attached hydrogens (primary N) is 2. The first-order valence-electron chi connectivity index (χ1n) is 10.4. The Bertz CT molecular complexity index is 1360. The van der Waals surface area contributed by atoms with Gasteiger partial charge in [0.1, 0.15) is 21.6 Å². The first-order chi connectivity index (χ1) is 15.1. The molecule has 5 N–H and O–H groups in total. The maximum atomic E-state index is 14.1. The molecule has 4 rings (SSSR count). The number of nitrogens with zero attached hydrogens (tertiary/aromatic N) is 2. The van der Waals surface area contributed by atoms with Gasteiger partial charge in [0, 0.05) is 36.2 Å². The quantitative estimate of drug-likeness (QED) is 0.527. The molecule has 6 nitrogen and oxygen atoms in total. The lowest BCUT2D eigenvalue weighted by Gasteiger charge is -2.26. The third-order valence-corrected chi connectivity index (χ3v) is 7.08. The summed E-state index contributed by atoms with van der Waals surface area (Å²) in [6, 6.07) is 13.6. The maximum absolute atomic E-state index is 14.1. The fourth-order valence-corrected chi connectivity index (χ4v) is 5.36. The smallest absolute Gasteiger partial charge is 0.141 e. The highest BCUT2D eigenvalue weighted by atomic mass is 32.2. The molecule has 1 aliphatic rings. The SMILES string of the molecule is CC(C)c1cc(F)cc2c1NC(N=S(N)(=O)c1cccc3c(N(C)C)cccc13)=CC2N. The van der Waals surface area contributed by atoms with E-state index in [2.05, 4.69) is 9.68 Å². The van der Waals surface area contributed by atoms with Crippen LogP contribution < -0.4 is 21.1 Å². The Kier molecular flexibility index (Phi) is 5.70. The van der Waals surface area contributed by atoms with Crippen molar-refractivity contribution in [3.63, 3.8) is 0 Å². The Morgan fingerprint density at radius 2 is 1.81 bits per heavy atom. The average molecular weight is 454 g/mol. The molecule has 0 aliphatic carbocycles. The van der Waals surface area contributed by atoms with Crippen LogP contribution in [0.3, 0.4) is 0 Å². The van der Waals surface area contributed by atoms with Crippen LogP contribution in [0.1, 0.15) is 36.9 Å². The standard InChI is InChI=1S/C24H28FN5OS/c1-14(2)18-11-15(25)12-19-20(26)13-23(28-24(18)19)29-32(27,31)22-10-6-7-16-17(22)8-5-9-21(16)30(3)4/h5-14,20,28H,26H2,1-4H3,(H2,27,29,31). The molecule has 1 aliphatic heterocycles. The van der Waals surface area contributed by atoms with Crippen LogP contribution in [0.15, 0.2) is 69.7 Å². The normalized spacial score (nSPS) is 17.4. The van der Waals surface area contributed by atoms with Crippen LogP contribution in [-0.4, -0.2) is 18.3 Å². The van der Waals surface area contributed by atoms with Crippen LogP contribution in [-0.2, 0) is 9.92 Å². The molecule has 0 spiro atoms. The van der Waals surface area contributed by atoms with Crippen LogP contribution in [0.5, 0.6) is 0 Å². The number of halogens is 1. The van der Waals surface area contributed by atoms with E-state index in [1.807, 2.05) is 63.2 Å². The number of hydrogen-bond donors (Lipinski definition) is 3. The Morgan fingerprint density at radius 1 is 1.12 bits per heavy atom. The summed E-state index contributed by atoms with van der Waals surface area (Å²) in [7, 11) is 0.609. The number of anilines is 2. The van der Waals surface area contributed by atoms with Crippen molar-refractivity contribution in [2.45, 2.75) is 30.7 Å². The highest BCUT2D eigenvalue weighted by Gasteiger charge is 2.24. The molecule has 32 heavy (non-hydrogen) atoms. The minimum Gasteiger partial charge on any atom is -0.377 e. The molecule has 3 aromatic carbocycles. The van der Waals surface area contributed by atoms with Crippen LogP contribution in [0.2, 0.25) is 0 Å². The van der Waals surface area contributed by atoms with Crippen molar-refractivity contribution in [1.29, 1.82) is 0 Å². The average Bonchev–Trinajstić information content (AvgIpc) is 2.72. The molecule has 0 amide bonds. The van der Waals surface area contributed by atoms with Gasteiger partial charge in [-0.1, -0.05) is 38.1 Å². The molecule has 168 valence electrons. The minimum atomic E-state index is -3.30. The molecule has 3 aromatic rings. The van der Waals surface area contributed by atoms with Crippen molar-refractivity contribution in [1.82, 2.24) is 0 Å². The monoisotopic (exact) mass is 453 g/mol. The number of nitrogens with one attached hydrogen (secondary N) is 1. The van der Waals surface area contributed by atoms with E-state index in [9.17, 15) is 8.60 Å². The van der Waals surface area contributed by atoms with Gasteiger partial charge in [0.25, 0.3) is 0 Å². The zero-order chi connectivity index (χ0) is 23.2. The topological polar surface area (TPSA) is 96.7 Å². The lowest BCUT2D eigenvalue weighted by molar-refractivity contribution is 0.619. The van der Waals surface area contributed by atoms with Crippen LogP contribution >= 0.6 is 0 Å². The summed E-state index contributed by atoms with van der Waals surface area (Å²) in [5.74, 6) is 0.0311. The van der Waals surface area contributed by atoms with Crippen molar-refractivity contribution in [2.75, 3.05) is 24.3 Å². The number of rotatable bonds is 4. The van der Waals surface area contributed by atoms with Crippen molar-refractivity contribution >= 4 is 32.1 Å². The summed E-state index contributed by atoms with van der Waals surface area (Å²) in [5, 5.41) is 11.2.